The van der Waals surface area contributed by atoms with Gasteiger partial charge < -0.3 is 20.1 Å². The standard InChI is InChI=1S/C17H24N6O/c1-2-18-17-20-10-13-11-23(24,15-7-3-4-8-19-15)12-14-6-5-9-22(14)16(13)21-17/h3-4,7-8,10,14,17-18,20H,2,5-6,9,11-12H2,1H3/t14?,17-,23?/m0/s1. The van der Waals surface area contributed by atoms with Crippen molar-refractivity contribution in [3.8, 4) is 0 Å². The molecule has 3 atom stereocenters. The van der Waals surface area contributed by atoms with Crippen LogP contribution in [0, 0.1) is 5.21 Å². The van der Waals surface area contributed by atoms with Crippen LogP contribution in [0.1, 0.15) is 19.8 Å². The molecular weight excluding hydrogens is 304 g/mol. The van der Waals surface area contributed by atoms with Gasteiger partial charge in [-0.05, 0) is 25.5 Å². The lowest BCUT2D eigenvalue weighted by molar-refractivity contribution is 0.300. The number of fused-ring (bicyclic) bond motifs is 3. The molecule has 0 amide bonds. The zero-order valence-electron chi connectivity index (χ0n) is 14.0. The van der Waals surface area contributed by atoms with Gasteiger partial charge in [0.15, 0.2) is 6.29 Å². The first kappa shape index (κ1) is 15.6. The van der Waals surface area contributed by atoms with E-state index in [-0.39, 0.29) is 12.3 Å². The number of hydrogen-bond acceptors (Lipinski definition) is 6. The number of hydrogen-bond donors (Lipinski definition) is 2. The second kappa shape index (κ2) is 6.16. The van der Waals surface area contributed by atoms with Crippen LogP contribution in [0.2, 0.25) is 0 Å². The highest BCUT2D eigenvalue weighted by Crippen LogP contribution is 2.32. The third kappa shape index (κ3) is 2.68. The Morgan fingerprint density at radius 1 is 1.46 bits per heavy atom. The first-order valence-corrected chi connectivity index (χ1v) is 8.72. The molecule has 128 valence electrons. The van der Waals surface area contributed by atoms with Gasteiger partial charge in [-0.2, -0.15) is 0 Å². The quantitative estimate of drug-likeness (QED) is 0.643. The van der Waals surface area contributed by atoms with Crippen molar-refractivity contribution in [2.45, 2.75) is 32.1 Å². The molecule has 7 heteroatoms. The van der Waals surface area contributed by atoms with E-state index in [4.69, 9.17) is 4.99 Å². The predicted molar refractivity (Wildman–Crippen MR) is 95.0 cm³/mol. The SMILES string of the molecule is CCN[C@@H]1N=C2C(=CN1)C[N+]([O-])(c1ccccn1)CC1CCCN21. The minimum atomic E-state index is -0.416. The lowest BCUT2D eigenvalue weighted by Crippen LogP contribution is -2.49. The summed E-state index contributed by atoms with van der Waals surface area (Å²) in [6.45, 7) is 4.78. The molecule has 4 rings (SSSR count). The van der Waals surface area contributed by atoms with Crippen LogP contribution in [-0.2, 0) is 0 Å². The van der Waals surface area contributed by atoms with E-state index < -0.39 is 4.65 Å². The second-order valence-electron chi connectivity index (χ2n) is 6.66. The summed E-state index contributed by atoms with van der Waals surface area (Å²) >= 11 is 0. The van der Waals surface area contributed by atoms with Crippen LogP contribution >= 0.6 is 0 Å². The van der Waals surface area contributed by atoms with E-state index in [0.717, 1.165) is 37.3 Å². The van der Waals surface area contributed by atoms with Gasteiger partial charge in [-0.25, -0.2) is 9.98 Å². The van der Waals surface area contributed by atoms with Crippen molar-refractivity contribution in [3.63, 3.8) is 0 Å². The van der Waals surface area contributed by atoms with Crippen molar-refractivity contribution in [1.29, 1.82) is 0 Å². The van der Waals surface area contributed by atoms with Gasteiger partial charge in [-0.3, -0.25) is 5.32 Å². The maximum atomic E-state index is 13.7. The molecule has 4 heterocycles. The number of quaternary nitrogens is 1. The fraction of sp³-hybridized carbons (Fsp3) is 0.529. The summed E-state index contributed by atoms with van der Waals surface area (Å²) in [7, 11) is 0. The molecule has 2 fully saturated rings. The molecule has 1 aromatic heterocycles. The average Bonchev–Trinajstić information content (AvgIpc) is 3.00. The van der Waals surface area contributed by atoms with Crippen LogP contribution in [0.15, 0.2) is 41.2 Å². The number of pyridine rings is 1. The van der Waals surface area contributed by atoms with Crippen molar-refractivity contribution in [2.75, 3.05) is 26.2 Å². The molecule has 2 N–H and O–H groups in total. The smallest absolute Gasteiger partial charge is 0.227 e. The van der Waals surface area contributed by atoms with Crippen LogP contribution in [0.25, 0.3) is 0 Å². The maximum absolute atomic E-state index is 13.7. The first-order chi connectivity index (χ1) is 11.7. The largest absolute Gasteiger partial charge is 0.626 e. The molecule has 0 bridgehead atoms. The van der Waals surface area contributed by atoms with Gasteiger partial charge >= 0.3 is 0 Å². The normalized spacial score (nSPS) is 32.2. The van der Waals surface area contributed by atoms with Crippen molar-refractivity contribution in [1.82, 2.24) is 25.2 Å². The number of hydroxylamine groups is 2. The Bertz CT molecular complexity index is 660. The highest BCUT2D eigenvalue weighted by molar-refractivity contribution is 6.00. The number of nitrogens with one attached hydrogen (secondary N) is 2. The molecular formula is C17H24N6O. The number of nitrogens with zero attached hydrogens (tertiary/aromatic N) is 4. The molecule has 3 aliphatic heterocycles. The Balaban J connectivity index is 1.71. The van der Waals surface area contributed by atoms with Gasteiger partial charge in [0.2, 0.25) is 5.82 Å². The summed E-state index contributed by atoms with van der Waals surface area (Å²) in [6.07, 6.45) is 5.70. The summed E-state index contributed by atoms with van der Waals surface area (Å²) in [4.78, 5) is 11.5. The maximum Gasteiger partial charge on any atom is 0.227 e. The highest BCUT2D eigenvalue weighted by atomic mass is 16.5. The summed E-state index contributed by atoms with van der Waals surface area (Å²) in [5, 5.41) is 20.2. The van der Waals surface area contributed by atoms with E-state index in [2.05, 4.69) is 27.4 Å². The van der Waals surface area contributed by atoms with Crippen molar-refractivity contribution >= 4 is 11.7 Å². The summed E-state index contributed by atoms with van der Waals surface area (Å²) in [6, 6.07) is 5.81. The van der Waals surface area contributed by atoms with Gasteiger partial charge in [0, 0.05) is 25.0 Å². The van der Waals surface area contributed by atoms with Gasteiger partial charge in [-0.15, -0.1) is 0 Å². The van der Waals surface area contributed by atoms with Crippen LogP contribution < -0.4 is 15.3 Å². The molecule has 3 aliphatic rings. The minimum absolute atomic E-state index is 0.114. The Morgan fingerprint density at radius 2 is 2.38 bits per heavy atom. The van der Waals surface area contributed by atoms with Crippen LogP contribution in [-0.4, -0.2) is 54.2 Å². The molecule has 2 unspecified atom stereocenters. The molecule has 2 saturated heterocycles. The van der Waals surface area contributed by atoms with Crippen molar-refractivity contribution in [3.05, 3.63) is 41.4 Å². The van der Waals surface area contributed by atoms with E-state index in [0.29, 0.717) is 18.9 Å². The van der Waals surface area contributed by atoms with Crippen molar-refractivity contribution < 1.29 is 0 Å². The topological polar surface area (TPSA) is 75.6 Å². The second-order valence-corrected chi connectivity index (χ2v) is 6.66. The Labute approximate surface area is 142 Å². The van der Waals surface area contributed by atoms with Gasteiger partial charge in [0.25, 0.3) is 0 Å². The molecule has 0 aliphatic carbocycles. The van der Waals surface area contributed by atoms with Gasteiger partial charge in [0.1, 0.15) is 18.9 Å². The van der Waals surface area contributed by atoms with E-state index in [1.54, 1.807) is 6.20 Å². The number of aromatic nitrogens is 1. The molecule has 7 nitrogen and oxygen atoms in total. The minimum Gasteiger partial charge on any atom is -0.626 e. The molecule has 0 saturated carbocycles. The van der Waals surface area contributed by atoms with Crippen LogP contribution in [0.3, 0.4) is 0 Å². The summed E-state index contributed by atoms with van der Waals surface area (Å²) in [5.74, 6) is 1.56. The number of amidine groups is 1. The third-order valence-electron chi connectivity index (χ3n) is 5.00. The van der Waals surface area contributed by atoms with Gasteiger partial charge in [0.05, 0.1) is 11.6 Å². The zero-order chi connectivity index (χ0) is 16.6. The fourth-order valence-corrected chi connectivity index (χ4v) is 3.91. The molecule has 0 radical (unpaired) electrons. The van der Waals surface area contributed by atoms with E-state index in [1.807, 2.05) is 24.4 Å². The predicted octanol–water partition coefficient (Wildman–Crippen LogP) is 1.14. The van der Waals surface area contributed by atoms with E-state index in [1.165, 1.54) is 0 Å². The zero-order valence-corrected chi connectivity index (χ0v) is 14.0. The summed E-state index contributed by atoms with van der Waals surface area (Å²) < 4.78 is -0.416. The monoisotopic (exact) mass is 328 g/mol. The Morgan fingerprint density at radius 3 is 3.17 bits per heavy atom. The van der Waals surface area contributed by atoms with E-state index >= 15 is 0 Å². The Hall–Kier alpha value is -1.96. The third-order valence-corrected chi connectivity index (χ3v) is 5.00. The number of rotatable bonds is 3. The Kier molecular flexibility index (Phi) is 3.99. The number of aliphatic imine (C=N–C) groups is 1. The van der Waals surface area contributed by atoms with E-state index in [9.17, 15) is 5.21 Å². The lowest BCUT2D eigenvalue weighted by Gasteiger charge is -2.41. The fourth-order valence-electron chi connectivity index (χ4n) is 3.91. The van der Waals surface area contributed by atoms with Crippen LogP contribution in [0.4, 0.5) is 5.82 Å². The highest BCUT2D eigenvalue weighted by Gasteiger charge is 2.41. The van der Waals surface area contributed by atoms with Crippen LogP contribution in [0.5, 0.6) is 0 Å². The van der Waals surface area contributed by atoms with Gasteiger partial charge in [-0.1, -0.05) is 13.0 Å². The molecule has 1 aromatic rings. The molecule has 0 spiro atoms. The summed E-state index contributed by atoms with van der Waals surface area (Å²) in [5.41, 5.74) is 0.981. The van der Waals surface area contributed by atoms with Crippen molar-refractivity contribution in [2.24, 2.45) is 4.99 Å². The lowest BCUT2D eigenvalue weighted by atomic mass is 10.2. The molecule has 24 heavy (non-hydrogen) atoms. The first-order valence-electron chi connectivity index (χ1n) is 8.72. The average molecular weight is 328 g/mol. The molecule has 0 aromatic carbocycles.